The van der Waals surface area contributed by atoms with E-state index in [2.05, 4.69) is 22.0 Å². The summed E-state index contributed by atoms with van der Waals surface area (Å²) in [4.78, 5) is 0. The quantitative estimate of drug-likeness (QED) is 0.542. The zero-order valence-corrected chi connectivity index (χ0v) is 9.04. The van der Waals surface area contributed by atoms with E-state index in [4.69, 9.17) is 0 Å². The van der Waals surface area contributed by atoms with Gasteiger partial charge in [0.1, 0.15) is 0 Å². The summed E-state index contributed by atoms with van der Waals surface area (Å²) in [6.45, 7) is 0. The van der Waals surface area contributed by atoms with Gasteiger partial charge < -0.3 is 0 Å². The highest BCUT2D eigenvalue weighted by Crippen LogP contribution is 2.02. The second-order valence-corrected chi connectivity index (χ2v) is 3.57. The van der Waals surface area contributed by atoms with E-state index in [0.29, 0.717) is 5.82 Å². The van der Waals surface area contributed by atoms with Crippen LogP contribution in [0.25, 0.3) is 5.65 Å². The fourth-order valence-corrected chi connectivity index (χ4v) is 1.58. The molecule has 0 aliphatic rings. The lowest BCUT2D eigenvalue weighted by Gasteiger charge is -1.90. The van der Waals surface area contributed by atoms with Gasteiger partial charge in [0.2, 0.25) is 5.82 Å². The van der Waals surface area contributed by atoms with E-state index < -0.39 is 0 Å². The van der Waals surface area contributed by atoms with Crippen molar-refractivity contribution in [3.63, 3.8) is 0 Å². The molecule has 0 fully saturated rings. The molecule has 3 heteroatoms. The predicted octanol–water partition coefficient (Wildman–Crippen LogP) is 2.13. The third-order valence-corrected chi connectivity index (χ3v) is 2.41. The molecule has 1 aromatic carbocycles. The van der Waals surface area contributed by atoms with Gasteiger partial charge in [-0.05, 0) is 30.2 Å². The van der Waals surface area contributed by atoms with E-state index in [1.165, 1.54) is 0 Å². The van der Waals surface area contributed by atoms with Crippen LogP contribution in [-0.4, -0.2) is 14.6 Å². The molecule has 0 radical (unpaired) electrons. The molecule has 0 bridgehead atoms. The van der Waals surface area contributed by atoms with Gasteiger partial charge in [-0.25, -0.2) is 0 Å². The van der Waals surface area contributed by atoms with E-state index in [1.54, 1.807) is 0 Å². The Kier molecular flexibility index (Phi) is 2.32. The van der Waals surface area contributed by atoms with Gasteiger partial charge in [-0.15, -0.1) is 10.2 Å². The van der Waals surface area contributed by atoms with Gasteiger partial charge >= 0.3 is 0 Å². The summed E-state index contributed by atoms with van der Waals surface area (Å²) in [6.07, 6.45) is 1.91. The van der Waals surface area contributed by atoms with Crippen LogP contribution in [0, 0.1) is 11.8 Å². The van der Waals surface area contributed by atoms with E-state index >= 15 is 0 Å². The molecular formula is C14H9N3. The molecule has 0 saturated carbocycles. The molecule has 3 aromatic rings. The lowest BCUT2D eigenvalue weighted by Crippen LogP contribution is -1.87. The molecule has 2 aromatic heterocycles. The van der Waals surface area contributed by atoms with Crippen LogP contribution in [0.15, 0.2) is 54.7 Å². The van der Waals surface area contributed by atoms with Crippen molar-refractivity contribution in [2.75, 3.05) is 0 Å². The molecule has 0 saturated heterocycles. The summed E-state index contributed by atoms with van der Waals surface area (Å²) in [5.74, 6) is 6.75. The van der Waals surface area contributed by atoms with Crippen LogP contribution in [0.4, 0.5) is 0 Å². The Morgan fingerprint density at radius 1 is 0.824 bits per heavy atom. The SMILES string of the molecule is C(#Cc1nnc2ccccn12)c1ccccc1. The maximum Gasteiger partial charge on any atom is 0.212 e. The third-order valence-electron chi connectivity index (χ3n) is 2.41. The first-order valence-corrected chi connectivity index (χ1v) is 5.30. The minimum Gasteiger partial charge on any atom is -0.276 e. The molecule has 0 unspecified atom stereocenters. The molecule has 0 aliphatic carbocycles. The molecule has 0 amide bonds. The molecule has 3 nitrogen and oxygen atoms in total. The minimum absolute atomic E-state index is 0.657. The average Bonchev–Trinajstić information content (AvgIpc) is 2.81. The molecule has 80 valence electrons. The molecule has 0 atom stereocenters. The highest BCUT2D eigenvalue weighted by atomic mass is 15.2. The Morgan fingerprint density at radius 3 is 2.53 bits per heavy atom. The smallest absolute Gasteiger partial charge is 0.212 e. The zero-order valence-electron chi connectivity index (χ0n) is 9.04. The number of hydrogen-bond acceptors (Lipinski definition) is 2. The second kappa shape index (κ2) is 4.11. The summed E-state index contributed by atoms with van der Waals surface area (Å²) in [6, 6.07) is 15.6. The van der Waals surface area contributed by atoms with Crippen LogP contribution in [0.5, 0.6) is 0 Å². The zero-order chi connectivity index (χ0) is 11.5. The number of pyridine rings is 1. The Balaban J connectivity index is 2.04. The molecule has 2 heterocycles. The third kappa shape index (κ3) is 1.88. The van der Waals surface area contributed by atoms with Gasteiger partial charge in [0.25, 0.3) is 0 Å². The number of aromatic nitrogens is 3. The molecule has 17 heavy (non-hydrogen) atoms. The van der Waals surface area contributed by atoms with Gasteiger partial charge in [-0.2, -0.15) is 0 Å². The standard InChI is InChI=1S/C14H9N3/c1-2-6-12(7-3-1)9-10-14-16-15-13-8-4-5-11-17(13)14/h1-8,11H. The van der Waals surface area contributed by atoms with Crippen molar-refractivity contribution in [3.05, 3.63) is 66.1 Å². The number of rotatable bonds is 0. The lowest BCUT2D eigenvalue weighted by atomic mass is 10.2. The minimum atomic E-state index is 0.657. The first kappa shape index (κ1) is 9.61. The van der Waals surface area contributed by atoms with Gasteiger partial charge in [-0.1, -0.05) is 30.2 Å². The van der Waals surface area contributed by atoms with Crippen molar-refractivity contribution >= 4 is 5.65 Å². The average molecular weight is 219 g/mol. The maximum absolute atomic E-state index is 4.05. The highest BCUT2D eigenvalue weighted by Gasteiger charge is 1.99. The molecule has 0 N–H and O–H groups in total. The summed E-state index contributed by atoms with van der Waals surface area (Å²) < 4.78 is 1.87. The number of fused-ring (bicyclic) bond motifs is 1. The van der Waals surface area contributed by atoms with Crippen molar-refractivity contribution in [2.24, 2.45) is 0 Å². The van der Waals surface area contributed by atoms with E-state index in [0.717, 1.165) is 11.2 Å². The number of benzene rings is 1. The van der Waals surface area contributed by atoms with Gasteiger partial charge in [0, 0.05) is 11.8 Å². The monoisotopic (exact) mass is 219 g/mol. The van der Waals surface area contributed by atoms with Crippen LogP contribution in [0.1, 0.15) is 11.4 Å². The van der Waals surface area contributed by atoms with Crippen molar-refractivity contribution in [2.45, 2.75) is 0 Å². The van der Waals surface area contributed by atoms with E-state index in [-0.39, 0.29) is 0 Å². The van der Waals surface area contributed by atoms with Crippen molar-refractivity contribution < 1.29 is 0 Å². The molecule has 0 aliphatic heterocycles. The first-order chi connectivity index (χ1) is 8.43. The Hall–Kier alpha value is -2.60. The van der Waals surface area contributed by atoms with E-state index in [1.807, 2.05) is 59.1 Å². The summed E-state index contributed by atoms with van der Waals surface area (Å²) in [5.41, 5.74) is 1.78. The largest absolute Gasteiger partial charge is 0.276 e. The van der Waals surface area contributed by atoms with E-state index in [9.17, 15) is 0 Å². The Morgan fingerprint density at radius 2 is 1.65 bits per heavy atom. The van der Waals surface area contributed by atoms with Crippen LogP contribution in [0.2, 0.25) is 0 Å². The highest BCUT2D eigenvalue weighted by molar-refractivity contribution is 5.43. The van der Waals surface area contributed by atoms with Crippen molar-refractivity contribution in [1.82, 2.24) is 14.6 Å². The van der Waals surface area contributed by atoms with Crippen LogP contribution in [0.3, 0.4) is 0 Å². The number of nitrogens with zero attached hydrogens (tertiary/aromatic N) is 3. The Labute approximate surface area is 98.7 Å². The topological polar surface area (TPSA) is 30.2 Å². The summed E-state index contributed by atoms with van der Waals surface area (Å²) in [7, 11) is 0. The van der Waals surface area contributed by atoms with Crippen LogP contribution < -0.4 is 0 Å². The fourth-order valence-electron chi connectivity index (χ4n) is 1.58. The molecule has 0 spiro atoms. The van der Waals surface area contributed by atoms with Gasteiger partial charge in [-0.3, -0.25) is 4.40 Å². The van der Waals surface area contributed by atoms with Gasteiger partial charge in [0.05, 0.1) is 0 Å². The molecule has 3 rings (SSSR count). The number of hydrogen-bond donors (Lipinski definition) is 0. The first-order valence-electron chi connectivity index (χ1n) is 5.30. The lowest BCUT2D eigenvalue weighted by molar-refractivity contribution is 1.07. The van der Waals surface area contributed by atoms with Crippen molar-refractivity contribution in [3.8, 4) is 11.8 Å². The predicted molar refractivity (Wildman–Crippen MR) is 65.4 cm³/mol. The Bertz CT molecular complexity index is 702. The van der Waals surface area contributed by atoms with Crippen LogP contribution in [-0.2, 0) is 0 Å². The fraction of sp³-hybridized carbons (Fsp3) is 0. The summed E-state index contributed by atoms with van der Waals surface area (Å²) in [5, 5.41) is 8.09. The van der Waals surface area contributed by atoms with Crippen LogP contribution >= 0.6 is 0 Å². The summed E-state index contributed by atoms with van der Waals surface area (Å²) >= 11 is 0. The normalized spacial score (nSPS) is 9.88. The van der Waals surface area contributed by atoms with Crippen molar-refractivity contribution in [1.29, 1.82) is 0 Å². The second-order valence-electron chi connectivity index (χ2n) is 3.57. The van der Waals surface area contributed by atoms with Gasteiger partial charge in [0.15, 0.2) is 5.65 Å². The maximum atomic E-state index is 4.05. The molecular weight excluding hydrogens is 210 g/mol.